The first-order valence-corrected chi connectivity index (χ1v) is 7.00. The molecule has 7 heteroatoms. The van der Waals surface area contributed by atoms with Gasteiger partial charge in [0.1, 0.15) is 11.6 Å². The van der Waals surface area contributed by atoms with E-state index in [1.165, 1.54) is 12.1 Å². The molecule has 1 unspecified atom stereocenters. The van der Waals surface area contributed by atoms with E-state index in [1.807, 2.05) is 6.92 Å². The molecule has 0 saturated heterocycles. The third kappa shape index (κ3) is 2.89. The number of hydrazine groups is 1. The Bertz CT molecular complexity index is 577. The maximum atomic E-state index is 14.1. The van der Waals surface area contributed by atoms with E-state index >= 15 is 0 Å². The predicted molar refractivity (Wildman–Crippen MR) is 75.7 cm³/mol. The van der Waals surface area contributed by atoms with E-state index in [4.69, 9.17) is 5.84 Å². The van der Waals surface area contributed by atoms with Gasteiger partial charge in [-0.1, -0.05) is 22.9 Å². The lowest BCUT2D eigenvalue weighted by molar-refractivity contribution is 0.476. The molecule has 0 saturated carbocycles. The summed E-state index contributed by atoms with van der Waals surface area (Å²) in [6.07, 6.45) is 2.45. The number of hydrogen-bond donors (Lipinski definition) is 2. The van der Waals surface area contributed by atoms with Crippen LogP contribution in [0, 0.1) is 11.6 Å². The van der Waals surface area contributed by atoms with Crippen molar-refractivity contribution in [1.29, 1.82) is 0 Å². The van der Waals surface area contributed by atoms with Crippen molar-refractivity contribution in [3.63, 3.8) is 0 Å². The normalized spacial score (nSPS) is 12.7. The Labute approximate surface area is 124 Å². The van der Waals surface area contributed by atoms with Crippen LogP contribution in [0.15, 0.2) is 28.9 Å². The lowest BCUT2D eigenvalue weighted by Gasteiger charge is -2.19. The molecule has 0 spiro atoms. The Kier molecular flexibility index (Phi) is 4.85. The Hall–Kier alpha value is -1.31. The maximum Gasteiger partial charge on any atom is 0.132 e. The average molecular weight is 345 g/mol. The Balaban J connectivity index is 2.50. The molecule has 1 heterocycles. The molecule has 1 atom stereocenters. The number of rotatable bonds is 5. The highest BCUT2D eigenvalue weighted by atomic mass is 79.9. The van der Waals surface area contributed by atoms with Crippen molar-refractivity contribution in [3.05, 3.63) is 51.8 Å². The van der Waals surface area contributed by atoms with Crippen molar-refractivity contribution < 1.29 is 8.78 Å². The summed E-state index contributed by atoms with van der Waals surface area (Å²) in [6.45, 7) is 2.65. The zero-order chi connectivity index (χ0) is 14.7. The number of halogens is 3. The minimum Gasteiger partial charge on any atom is -0.271 e. The van der Waals surface area contributed by atoms with Gasteiger partial charge in [-0.25, -0.2) is 14.2 Å². The average Bonchev–Trinajstić information content (AvgIpc) is 2.82. The maximum absolute atomic E-state index is 14.1. The van der Waals surface area contributed by atoms with Crippen LogP contribution >= 0.6 is 15.9 Å². The van der Waals surface area contributed by atoms with E-state index in [0.29, 0.717) is 16.7 Å². The smallest absolute Gasteiger partial charge is 0.132 e. The topological polar surface area (TPSA) is 55.9 Å². The molecule has 0 aliphatic heterocycles. The third-order valence-corrected chi connectivity index (χ3v) is 3.44. The second kappa shape index (κ2) is 6.43. The van der Waals surface area contributed by atoms with E-state index in [9.17, 15) is 8.78 Å². The van der Waals surface area contributed by atoms with Crippen molar-refractivity contribution in [1.82, 2.24) is 15.2 Å². The van der Waals surface area contributed by atoms with Crippen LogP contribution < -0.4 is 11.3 Å². The monoisotopic (exact) mass is 344 g/mol. The minimum absolute atomic E-state index is 0.117. The molecular weight excluding hydrogens is 330 g/mol. The fraction of sp³-hybridized carbons (Fsp3) is 0.308. The van der Waals surface area contributed by atoms with E-state index in [-0.39, 0.29) is 5.56 Å². The second-order valence-corrected chi connectivity index (χ2v) is 5.28. The van der Waals surface area contributed by atoms with Crippen LogP contribution in [0.4, 0.5) is 8.78 Å². The number of benzene rings is 1. The third-order valence-electron chi connectivity index (χ3n) is 2.98. The molecule has 0 fully saturated rings. The van der Waals surface area contributed by atoms with E-state index in [0.717, 1.165) is 6.42 Å². The Morgan fingerprint density at radius 2 is 2.05 bits per heavy atom. The molecule has 1 aromatic carbocycles. The molecule has 3 N–H and O–H groups in total. The largest absolute Gasteiger partial charge is 0.271 e. The molecular formula is C13H15BrF2N4. The summed E-state index contributed by atoms with van der Waals surface area (Å²) >= 11 is 3.06. The quantitative estimate of drug-likeness (QED) is 0.647. The summed E-state index contributed by atoms with van der Waals surface area (Å²) in [4.78, 5) is 0. The van der Waals surface area contributed by atoms with Crippen molar-refractivity contribution in [2.24, 2.45) is 5.84 Å². The Morgan fingerprint density at radius 3 is 2.60 bits per heavy atom. The number of nitrogens with zero attached hydrogens (tertiary/aromatic N) is 2. The summed E-state index contributed by atoms with van der Waals surface area (Å²) in [5.74, 6) is 4.17. The Morgan fingerprint density at radius 1 is 1.40 bits per heavy atom. The molecule has 2 aromatic rings. The molecule has 20 heavy (non-hydrogen) atoms. The SMILES string of the molecule is CCCn1nccc1C(NN)c1c(F)cc(Br)cc1F. The summed E-state index contributed by atoms with van der Waals surface area (Å²) in [5.41, 5.74) is 2.97. The van der Waals surface area contributed by atoms with Crippen LogP contribution in [-0.2, 0) is 6.54 Å². The zero-order valence-electron chi connectivity index (χ0n) is 10.9. The number of nitrogens with one attached hydrogen (secondary N) is 1. The number of aromatic nitrogens is 2. The van der Waals surface area contributed by atoms with Gasteiger partial charge in [-0.2, -0.15) is 5.10 Å². The lowest BCUT2D eigenvalue weighted by atomic mass is 10.0. The van der Waals surface area contributed by atoms with Gasteiger partial charge in [0.2, 0.25) is 0 Å². The van der Waals surface area contributed by atoms with E-state index in [2.05, 4.69) is 26.5 Å². The van der Waals surface area contributed by atoms with Gasteiger partial charge in [-0.15, -0.1) is 0 Å². The first kappa shape index (κ1) is 15.1. The standard InChI is InChI=1S/C13H15BrF2N4/c1-2-5-20-11(3-4-18-20)13(19-17)12-9(15)6-8(14)7-10(12)16/h3-4,6-7,13,19H,2,5,17H2,1H3. The summed E-state index contributed by atoms with van der Waals surface area (Å²) in [7, 11) is 0. The highest BCUT2D eigenvalue weighted by Gasteiger charge is 2.24. The second-order valence-electron chi connectivity index (χ2n) is 4.36. The van der Waals surface area contributed by atoms with Crippen molar-refractivity contribution in [2.45, 2.75) is 25.9 Å². The molecule has 0 bridgehead atoms. The highest BCUT2D eigenvalue weighted by Crippen LogP contribution is 2.28. The molecule has 0 radical (unpaired) electrons. The van der Waals surface area contributed by atoms with Crippen LogP contribution in [0.2, 0.25) is 0 Å². The first-order chi connectivity index (χ1) is 9.58. The number of hydrogen-bond acceptors (Lipinski definition) is 3. The van der Waals surface area contributed by atoms with Gasteiger partial charge in [0, 0.05) is 22.8 Å². The van der Waals surface area contributed by atoms with Gasteiger partial charge >= 0.3 is 0 Å². The molecule has 1 aromatic heterocycles. The van der Waals surface area contributed by atoms with Crippen molar-refractivity contribution in [2.75, 3.05) is 0 Å². The fourth-order valence-electron chi connectivity index (χ4n) is 2.13. The van der Waals surface area contributed by atoms with Gasteiger partial charge in [0.05, 0.1) is 11.7 Å². The van der Waals surface area contributed by atoms with E-state index in [1.54, 1.807) is 16.9 Å². The lowest BCUT2D eigenvalue weighted by Crippen LogP contribution is -2.32. The summed E-state index contributed by atoms with van der Waals surface area (Å²) in [6, 6.07) is 3.32. The fourth-order valence-corrected chi connectivity index (χ4v) is 2.53. The number of nitrogens with two attached hydrogens (primary N) is 1. The molecule has 0 aliphatic carbocycles. The molecule has 0 aliphatic rings. The minimum atomic E-state index is -0.794. The molecule has 0 amide bonds. The molecule has 108 valence electrons. The molecule has 4 nitrogen and oxygen atoms in total. The van der Waals surface area contributed by atoms with Crippen molar-refractivity contribution >= 4 is 15.9 Å². The first-order valence-electron chi connectivity index (χ1n) is 6.20. The van der Waals surface area contributed by atoms with Gasteiger partial charge in [0.15, 0.2) is 0 Å². The summed E-state index contributed by atoms with van der Waals surface area (Å²) in [5, 5.41) is 4.14. The highest BCUT2D eigenvalue weighted by molar-refractivity contribution is 9.10. The number of aryl methyl sites for hydroxylation is 1. The van der Waals surface area contributed by atoms with Gasteiger partial charge in [-0.3, -0.25) is 10.5 Å². The van der Waals surface area contributed by atoms with E-state index < -0.39 is 17.7 Å². The van der Waals surface area contributed by atoms with Crippen LogP contribution in [0.3, 0.4) is 0 Å². The van der Waals surface area contributed by atoms with Crippen LogP contribution in [0.25, 0.3) is 0 Å². The van der Waals surface area contributed by atoms with Gasteiger partial charge in [0.25, 0.3) is 0 Å². The zero-order valence-corrected chi connectivity index (χ0v) is 12.5. The molecule has 2 rings (SSSR count). The van der Waals surface area contributed by atoms with Crippen molar-refractivity contribution in [3.8, 4) is 0 Å². The predicted octanol–water partition coefficient (Wildman–Crippen LogP) is 2.89. The van der Waals surface area contributed by atoms with Crippen LogP contribution in [-0.4, -0.2) is 9.78 Å². The van der Waals surface area contributed by atoms with Crippen LogP contribution in [0.5, 0.6) is 0 Å². The van der Waals surface area contributed by atoms with Gasteiger partial charge in [-0.05, 0) is 24.6 Å². The summed E-state index contributed by atoms with van der Waals surface area (Å²) < 4.78 is 30.2. The van der Waals surface area contributed by atoms with Crippen LogP contribution in [0.1, 0.15) is 30.6 Å². The van der Waals surface area contributed by atoms with Gasteiger partial charge < -0.3 is 0 Å².